The van der Waals surface area contributed by atoms with E-state index in [4.69, 9.17) is 16.0 Å². The molecule has 1 aromatic carbocycles. The van der Waals surface area contributed by atoms with Crippen LogP contribution in [-0.2, 0) is 0 Å². The van der Waals surface area contributed by atoms with Crippen LogP contribution in [0.15, 0.2) is 28.7 Å². The zero-order valence-corrected chi connectivity index (χ0v) is 12.1. The Morgan fingerprint density at radius 2 is 1.95 bits per heavy atom. The van der Waals surface area contributed by atoms with Crippen molar-refractivity contribution in [3.8, 4) is 0 Å². The summed E-state index contributed by atoms with van der Waals surface area (Å²) in [5, 5.41) is 12.1. The van der Waals surface area contributed by atoms with Crippen LogP contribution in [0.25, 0.3) is 0 Å². The number of aryl methyl sites for hydroxylation is 1. The number of rotatable bonds is 5. The predicted octanol–water partition coefficient (Wildman–Crippen LogP) is 3.83. The van der Waals surface area contributed by atoms with Crippen molar-refractivity contribution in [2.45, 2.75) is 39.3 Å². The summed E-state index contributed by atoms with van der Waals surface area (Å²) in [6, 6.07) is 8.14. The maximum atomic E-state index is 5.91. The summed E-state index contributed by atoms with van der Waals surface area (Å²) in [5.74, 6) is 1.20. The molecule has 5 heteroatoms. The fourth-order valence-corrected chi connectivity index (χ4v) is 2.13. The summed E-state index contributed by atoms with van der Waals surface area (Å²) < 4.78 is 5.44. The van der Waals surface area contributed by atoms with Gasteiger partial charge in [-0.15, -0.1) is 10.2 Å². The van der Waals surface area contributed by atoms with Gasteiger partial charge in [0, 0.05) is 18.0 Å². The average Bonchev–Trinajstić information content (AvgIpc) is 2.84. The molecule has 2 aromatic rings. The van der Waals surface area contributed by atoms with Crippen LogP contribution >= 0.6 is 11.6 Å². The lowest BCUT2D eigenvalue weighted by Gasteiger charge is -2.20. The Balaban J connectivity index is 2.08. The summed E-state index contributed by atoms with van der Waals surface area (Å²) in [6.45, 7) is 5.95. The minimum Gasteiger partial charge on any atom is -0.424 e. The molecule has 0 amide bonds. The molecule has 0 radical (unpaired) electrons. The van der Waals surface area contributed by atoms with Crippen LogP contribution in [0.5, 0.6) is 0 Å². The first-order chi connectivity index (χ1) is 9.10. The van der Waals surface area contributed by atoms with Crippen molar-refractivity contribution >= 4 is 11.6 Å². The molecule has 0 saturated heterocycles. The van der Waals surface area contributed by atoms with Gasteiger partial charge in [-0.25, -0.2) is 0 Å². The van der Waals surface area contributed by atoms with Crippen LogP contribution in [-0.4, -0.2) is 10.2 Å². The van der Waals surface area contributed by atoms with E-state index < -0.39 is 0 Å². The quantitative estimate of drug-likeness (QED) is 0.904. The third-order valence-corrected chi connectivity index (χ3v) is 3.30. The Bertz CT molecular complexity index is 524. The van der Waals surface area contributed by atoms with Crippen molar-refractivity contribution < 1.29 is 4.42 Å². The minimum atomic E-state index is 0.0156. The van der Waals surface area contributed by atoms with Crippen molar-refractivity contribution in [2.24, 2.45) is 0 Å². The second-order valence-electron chi connectivity index (χ2n) is 4.56. The number of aromatic nitrogens is 2. The Morgan fingerprint density at radius 1 is 1.26 bits per heavy atom. The molecule has 0 fully saturated rings. The first kappa shape index (κ1) is 14.0. The Morgan fingerprint density at radius 3 is 2.47 bits per heavy atom. The van der Waals surface area contributed by atoms with Gasteiger partial charge in [0.1, 0.15) is 0 Å². The van der Waals surface area contributed by atoms with Gasteiger partial charge in [0.05, 0.1) is 6.04 Å². The second kappa shape index (κ2) is 6.17. The van der Waals surface area contributed by atoms with Crippen LogP contribution in [0.1, 0.15) is 49.7 Å². The third-order valence-electron chi connectivity index (χ3n) is 3.04. The van der Waals surface area contributed by atoms with Gasteiger partial charge in [-0.2, -0.15) is 0 Å². The Kier molecular flexibility index (Phi) is 4.56. The molecule has 4 nitrogen and oxygen atoms in total. The zero-order chi connectivity index (χ0) is 13.8. The van der Waals surface area contributed by atoms with Gasteiger partial charge in [-0.1, -0.05) is 30.7 Å². The molecule has 2 rings (SSSR count). The second-order valence-corrected chi connectivity index (χ2v) is 5.00. The van der Waals surface area contributed by atoms with Crippen molar-refractivity contribution in [1.29, 1.82) is 0 Å². The van der Waals surface area contributed by atoms with E-state index in [0.717, 1.165) is 11.4 Å². The molecule has 0 bridgehead atoms. The molecule has 0 spiro atoms. The SMILES string of the molecule is CC[C@@H](N[C@H](C)c1nnc(C)o1)c1ccc(Cl)cc1. The van der Waals surface area contributed by atoms with Gasteiger partial charge in [0.25, 0.3) is 0 Å². The monoisotopic (exact) mass is 279 g/mol. The van der Waals surface area contributed by atoms with Gasteiger partial charge < -0.3 is 4.42 Å². The van der Waals surface area contributed by atoms with E-state index in [-0.39, 0.29) is 12.1 Å². The number of nitrogens with zero attached hydrogens (tertiary/aromatic N) is 2. The highest BCUT2D eigenvalue weighted by atomic mass is 35.5. The topological polar surface area (TPSA) is 51.0 Å². The fourth-order valence-electron chi connectivity index (χ4n) is 2.00. The Labute approximate surface area is 118 Å². The van der Waals surface area contributed by atoms with Crippen LogP contribution in [0, 0.1) is 6.92 Å². The van der Waals surface area contributed by atoms with Gasteiger partial charge in [-0.05, 0) is 31.0 Å². The van der Waals surface area contributed by atoms with Crippen LogP contribution < -0.4 is 5.32 Å². The molecule has 102 valence electrons. The highest BCUT2D eigenvalue weighted by Gasteiger charge is 2.17. The fraction of sp³-hybridized carbons (Fsp3) is 0.429. The van der Waals surface area contributed by atoms with E-state index in [9.17, 15) is 0 Å². The number of hydrogen-bond donors (Lipinski definition) is 1. The van der Waals surface area contributed by atoms with E-state index in [0.29, 0.717) is 11.8 Å². The lowest BCUT2D eigenvalue weighted by Crippen LogP contribution is -2.24. The molecule has 0 saturated carbocycles. The van der Waals surface area contributed by atoms with E-state index in [1.54, 1.807) is 6.92 Å². The maximum absolute atomic E-state index is 5.91. The van der Waals surface area contributed by atoms with Gasteiger partial charge in [-0.3, -0.25) is 5.32 Å². The number of nitrogens with one attached hydrogen (secondary N) is 1. The van der Waals surface area contributed by atoms with Crippen LogP contribution in [0.3, 0.4) is 0 Å². The van der Waals surface area contributed by atoms with Gasteiger partial charge in [0.15, 0.2) is 0 Å². The van der Waals surface area contributed by atoms with Crippen molar-refractivity contribution in [2.75, 3.05) is 0 Å². The largest absolute Gasteiger partial charge is 0.424 e. The molecular formula is C14H18ClN3O. The first-order valence-corrected chi connectivity index (χ1v) is 6.79. The standard InChI is InChI=1S/C14H18ClN3O/c1-4-13(11-5-7-12(15)8-6-11)16-9(2)14-18-17-10(3)19-14/h5-9,13,16H,4H2,1-3H3/t9-,13-/m1/s1. The lowest BCUT2D eigenvalue weighted by molar-refractivity contribution is 0.367. The first-order valence-electron chi connectivity index (χ1n) is 6.41. The molecule has 0 unspecified atom stereocenters. The third kappa shape index (κ3) is 3.55. The van der Waals surface area contributed by atoms with Crippen molar-refractivity contribution in [3.63, 3.8) is 0 Å². The highest BCUT2D eigenvalue weighted by molar-refractivity contribution is 6.30. The molecule has 1 heterocycles. The zero-order valence-electron chi connectivity index (χ0n) is 11.4. The maximum Gasteiger partial charge on any atom is 0.233 e. The molecular weight excluding hydrogens is 262 g/mol. The van der Waals surface area contributed by atoms with Gasteiger partial charge >= 0.3 is 0 Å². The molecule has 1 aromatic heterocycles. The summed E-state index contributed by atoms with van der Waals surface area (Å²) in [5.41, 5.74) is 1.20. The molecule has 0 aliphatic rings. The molecule has 2 atom stereocenters. The molecule has 19 heavy (non-hydrogen) atoms. The van der Waals surface area contributed by atoms with Crippen molar-refractivity contribution in [1.82, 2.24) is 15.5 Å². The van der Waals surface area contributed by atoms with E-state index in [1.807, 2.05) is 31.2 Å². The number of benzene rings is 1. The Hall–Kier alpha value is -1.39. The normalized spacial score (nSPS) is 14.3. The minimum absolute atomic E-state index is 0.0156. The molecule has 1 N–H and O–H groups in total. The highest BCUT2D eigenvalue weighted by Crippen LogP contribution is 2.23. The summed E-state index contributed by atoms with van der Waals surface area (Å²) >= 11 is 5.91. The molecule has 0 aliphatic carbocycles. The predicted molar refractivity (Wildman–Crippen MR) is 75.1 cm³/mol. The number of halogens is 1. The van der Waals surface area contributed by atoms with E-state index >= 15 is 0 Å². The number of hydrogen-bond acceptors (Lipinski definition) is 4. The summed E-state index contributed by atoms with van der Waals surface area (Å²) in [6.07, 6.45) is 0.971. The molecule has 0 aliphatic heterocycles. The lowest BCUT2D eigenvalue weighted by atomic mass is 10.0. The van der Waals surface area contributed by atoms with Gasteiger partial charge in [0.2, 0.25) is 11.8 Å². The van der Waals surface area contributed by atoms with Crippen LogP contribution in [0.2, 0.25) is 5.02 Å². The van der Waals surface area contributed by atoms with E-state index in [2.05, 4.69) is 22.4 Å². The summed E-state index contributed by atoms with van der Waals surface area (Å²) in [4.78, 5) is 0. The van der Waals surface area contributed by atoms with E-state index in [1.165, 1.54) is 5.56 Å². The smallest absolute Gasteiger partial charge is 0.233 e. The summed E-state index contributed by atoms with van der Waals surface area (Å²) in [7, 11) is 0. The van der Waals surface area contributed by atoms with Crippen LogP contribution in [0.4, 0.5) is 0 Å². The van der Waals surface area contributed by atoms with Crippen molar-refractivity contribution in [3.05, 3.63) is 46.6 Å². The average molecular weight is 280 g/mol.